The van der Waals surface area contributed by atoms with E-state index >= 15 is 0 Å². The van der Waals surface area contributed by atoms with E-state index in [-0.39, 0.29) is 0 Å². The third-order valence-electron chi connectivity index (χ3n) is 2.96. The third kappa shape index (κ3) is 4.73. The molecule has 17 heavy (non-hydrogen) atoms. The summed E-state index contributed by atoms with van der Waals surface area (Å²) in [5, 5.41) is 10.6. The molecule has 0 aromatic heterocycles. The van der Waals surface area contributed by atoms with Crippen LogP contribution in [0.1, 0.15) is 45.4 Å². The van der Waals surface area contributed by atoms with Crippen LogP contribution in [0.2, 0.25) is 0 Å². The molecule has 0 amide bonds. The fraction of sp³-hybridized carbons (Fsp3) is 0.833. The van der Waals surface area contributed by atoms with Gasteiger partial charge in [0.1, 0.15) is 0 Å². The van der Waals surface area contributed by atoms with Crippen molar-refractivity contribution in [1.82, 2.24) is 5.06 Å². The summed E-state index contributed by atoms with van der Waals surface area (Å²) in [5.74, 6) is -2.72. The van der Waals surface area contributed by atoms with Crippen LogP contribution in [-0.4, -0.2) is 35.2 Å². The molecule has 1 saturated heterocycles. The Balaban J connectivity index is 2.43. The second-order valence-corrected chi connectivity index (χ2v) is 4.43. The van der Waals surface area contributed by atoms with Crippen molar-refractivity contribution in [2.24, 2.45) is 5.92 Å². The van der Waals surface area contributed by atoms with Gasteiger partial charge in [0.15, 0.2) is 5.92 Å². The Morgan fingerprint density at radius 3 is 2.47 bits per heavy atom. The highest BCUT2D eigenvalue weighted by Crippen LogP contribution is 2.15. The molecule has 0 aromatic carbocycles. The standard InChI is InChI=1S/C12H21NO4/c1-2-3-7-10(11(14)15)12(16)17-13-8-5-4-6-9-13/h10H,2-9H2,1H3,(H,14,15). The quantitative estimate of drug-likeness (QED) is 0.721. The molecule has 98 valence electrons. The minimum atomic E-state index is -1.08. The first kappa shape index (κ1) is 14.0. The molecule has 1 fully saturated rings. The molecule has 0 bridgehead atoms. The zero-order valence-corrected chi connectivity index (χ0v) is 10.4. The number of nitrogens with zero attached hydrogens (tertiary/aromatic N) is 1. The second kappa shape index (κ2) is 7.27. The van der Waals surface area contributed by atoms with E-state index in [0.717, 1.165) is 32.1 Å². The molecule has 0 aromatic rings. The lowest BCUT2D eigenvalue weighted by atomic mass is 10.0. The number of unbranched alkanes of at least 4 members (excludes halogenated alkanes) is 1. The first-order valence-corrected chi connectivity index (χ1v) is 6.34. The Labute approximate surface area is 102 Å². The summed E-state index contributed by atoms with van der Waals surface area (Å²) in [5.41, 5.74) is 0. The van der Waals surface area contributed by atoms with E-state index in [0.29, 0.717) is 19.5 Å². The van der Waals surface area contributed by atoms with Gasteiger partial charge in [0.25, 0.3) is 0 Å². The second-order valence-electron chi connectivity index (χ2n) is 4.43. The molecule has 1 aliphatic rings. The van der Waals surface area contributed by atoms with Crippen LogP contribution < -0.4 is 0 Å². The van der Waals surface area contributed by atoms with Crippen LogP contribution in [0, 0.1) is 5.92 Å². The van der Waals surface area contributed by atoms with Crippen molar-refractivity contribution in [1.29, 1.82) is 0 Å². The molecule has 0 spiro atoms. The molecular formula is C12H21NO4. The van der Waals surface area contributed by atoms with Crippen molar-refractivity contribution in [3.63, 3.8) is 0 Å². The number of carboxylic acid groups (broad SMARTS) is 1. The van der Waals surface area contributed by atoms with Gasteiger partial charge in [-0.2, -0.15) is 0 Å². The number of hydrogen-bond donors (Lipinski definition) is 1. The molecule has 5 nitrogen and oxygen atoms in total. The summed E-state index contributed by atoms with van der Waals surface area (Å²) >= 11 is 0. The Hall–Kier alpha value is -1.10. The van der Waals surface area contributed by atoms with Gasteiger partial charge in [0, 0.05) is 13.1 Å². The van der Waals surface area contributed by atoms with Gasteiger partial charge in [0.2, 0.25) is 0 Å². The molecule has 0 aliphatic carbocycles. The first-order chi connectivity index (χ1) is 8.15. The fourth-order valence-corrected chi connectivity index (χ4v) is 1.90. The molecule has 1 unspecified atom stereocenters. The minimum absolute atomic E-state index is 0.360. The average molecular weight is 243 g/mol. The lowest BCUT2D eigenvalue weighted by Gasteiger charge is -2.26. The van der Waals surface area contributed by atoms with Crippen LogP contribution in [-0.2, 0) is 14.4 Å². The van der Waals surface area contributed by atoms with Crippen LogP contribution in [0.25, 0.3) is 0 Å². The number of aliphatic carboxylic acids is 1. The summed E-state index contributed by atoms with van der Waals surface area (Å²) in [7, 11) is 0. The van der Waals surface area contributed by atoms with Gasteiger partial charge >= 0.3 is 11.9 Å². The van der Waals surface area contributed by atoms with Crippen molar-refractivity contribution in [3.05, 3.63) is 0 Å². The van der Waals surface area contributed by atoms with E-state index in [1.165, 1.54) is 0 Å². The lowest BCUT2D eigenvalue weighted by molar-refractivity contribution is -0.201. The summed E-state index contributed by atoms with van der Waals surface area (Å²) < 4.78 is 0. The van der Waals surface area contributed by atoms with E-state index in [2.05, 4.69) is 0 Å². The monoisotopic (exact) mass is 243 g/mol. The molecule has 1 rings (SSSR count). The minimum Gasteiger partial charge on any atom is -0.481 e. The molecular weight excluding hydrogens is 222 g/mol. The van der Waals surface area contributed by atoms with Gasteiger partial charge in [0.05, 0.1) is 0 Å². The van der Waals surface area contributed by atoms with Crippen molar-refractivity contribution in [3.8, 4) is 0 Å². The Kier molecular flexibility index (Phi) is 5.97. The lowest BCUT2D eigenvalue weighted by Crippen LogP contribution is -2.36. The van der Waals surface area contributed by atoms with Gasteiger partial charge in [-0.1, -0.05) is 26.2 Å². The number of carboxylic acids is 1. The smallest absolute Gasteiger partial charge is 0.339 e. The Bertz CT molecular complexity index is 261. The normalized spacial score (nSPS) is 18.6. The number of hydroxylamine groups is 2. The first-order valence-electron chi connectivity index (χ1n) is 6.34. The molecule has 1 N–H and O–H groups in total. The maximum atomic E-state index is 11.7. The van der Waals surface area contributed by atoms with Gasteiger partial charge < -0.3 is 9.94 Å². The molecule has 0 radical (unpaired) electrons. The summed E-state index contributed by atoms with van der Waals surface area (Å²) in [6.07, 6.45) is 5.11. The molecule has 0 saturated carbocycles. The van der Waals surface area contributed by atoms with Crippen molar-refractivity contribution in [2.45, 2.75) is 45.4 Å². The predicted molar refractivity (Wildman–Crippen MR) is 62.2 cm³/mol. The highest BCUT2D eigenvalue weighted by Gasteiger charge is 2.29. The zero-order chi connectivity index (χ0) is 12.7. The predicted octanol–water partition coefficient (Wildman–Crippen LogP) is 1.82. The van der Waals surface area contributed by atoms with Crippen LogP contribution in [0.4, 0.5) is 0 Å². The van der Waals surface area contributed by atoms with Crippen LogP contribution >= 0.6 is 0 Å². The van der Waals surface area contributed by atoms with Crippen molar-refractivity contribution >= 4 is 11.9 Å². The zero-order valence-electron chi connectivity index (χ0n) is 10.4. The van der Waals surface area contributed by atoms with Crippen LogP contribution in [0.15, 0.2) is 0 Å². The average Bonchev–Trinajstić information content (AvgIpc) is 2.30. The molecule has 5 heteroatoms. The van der Waals surface area contributed by atoms with E-state index in [9.17, 15) is 9.59 Å². The molecule has 1 heterocycles. The fourth-order valence-electron chi connectivity index (χ4n) is 1.90. The van der Waals surface area contributed by atoms with Crippen molar-refractivity contribution in [2.75, 3.05) is 13.1 Å². The van der Waals surface area contributed by atoms with E-state index in [4.69, 9.17) is 9.94 Å². The summed E-state index contributed by atoms with van der Waals surface area (Å²) in [6, 6.07) is 0. The maximum Gasteiger partial charge on any atom is 0.339 e. The highest BCUT2D eigenvalue weighted by atomic mass is 16.7. The highest BCUT2D eigenvalue weighted by molar-refractivity contribution is 5.93. The molecule has 1 atom stereocenters. The molecule has 1 aliphatic heterocycles. The SMILES string of the molecule is CCCCC(C(=O)O)C(=O)ON1CCCCC1. The Morgan fingerprint density at radius 2 is 1.94 bits per heavy atom. The van der Waals surface area contributed by atoms with Crippen LogP contribution in [0.5, 0.6) is 0 Å². The van der Waals surface area contributed by atoms with E-state index in [1.807, 2.05) is 6.92 Å². The van der Waals surface area contributed by atoms with Gasteiger partial charge in [-0.15, -0.1) is 5.06 Å². The maximum absolute atomic E-state index is 11.7. The third-order valence-corrected chi connectivity index (χ3v) is 2.96. The number of hydrogen-bond acceptors (Lipinski definition) is 4. The van der Waals surface area contributed by atoms with Gasteiger partial charge in [-0.25, -0.2) is 4.79 Å². The van der Waals surface area contributed by atoms with Gasteiger partial charge in [-0.3, -0.25) is 4.79 Å². The summed E-state index contributed by atoms with van der Waals surface area (Å²) in [4.78, 5) is 27.8. The van der Waals surface area contributed by atoms with Crippen LogP contribution in [0.3, 0.4) is 0 Å². The Morgan fingerprint density at radius 1 is 1.29 bits per heavy atom. The number of rotatable bonds is 6. The van der Waals surface area contributed by atoms with Gasteiger partial charge in [-0.05, 0) is 19.3 Å². The van der Waals surface area contributed by atoms with Crippen molar-refractivity contribution < 1.29 is 19.5 Å². The number of piperidine rings is 1. The van der Waals surface area contributed by atoms with E-state index < -0.39 is 17.9 Å². The topological polar surface area (TPSA) is 66.8 Å². The van der Waals surface area contributed by atoms with E-state index in [1.54, 1.807) is 5.06 Å². The number of carbonyl (C=O) groups is 2. The largest absolute Gasteiger partial charge is 0.481 e. The number of carbonyl (C=O) groups excluding carboxylic acids is 1. The summed E-state index contributed by atoms with van der Waals surface area (Å²) in [6.45, 7) is 3.40.